The smallest absolute Gasteiger partial charge is 0.150 e. The van der Waals surface area contributed by atoms with Crippen molar-refractivity contribution in [2.75, 3.05) is 58.5 Å². The van der Waals surface area contributed by atoms with Gasteiger partial charge in [-0.15, -0.1) is 0 Å². The lowest BCUT2D eigenvalue weighted by Crippen LogP contribution is -2.46. The van der Waals surface area contributed by atoms with Crippen molar-refractivity contribution < 1.29 is 0 Å². The summed E-state index contributed by atoms with van der Waals surface area (Å²) in [5, 5.41) is 18.4. The first-order chi connectivity index (χ1) is 19.9. The molecule has 2 aromatic heterocycles. The minimum absolute atomic E-state index is 0.587. The summed E-state index contributed by atoms with van der Waals surface area (Å²) >= 11 is 0. The Morgan fingerprint density at radius 2 is 1.83 bits per heavy atom. The first kappa shape index (κ1) is 26.6. The number of rotatable bonds is 7. The summed E-state index contributed by atoms with van der Waals surface area (Å²) < 4.78 is 1.86. The number of aromatic nitrogens is 3. The number of piperazine rings is 1. The molecule has 0 bridgehead atoms. The number of nitrogens with zero attached hydrogens (tertiary/aromatic N) is 5. The molecule has 3 aliphatic rings. The molecule has 0 radical (unpaired) electrons. The van der Waals surface area contributed by atoms with Crippen molar-refractivity contribution in [3.05, 3.63) is 102 Å². The normalized spacial score (nSPS) is 18.5. The Bertz CT molecular complexity index is 1520. The Labute approximate surface area is 242 Å². The van der Waals surface area contributed by atoms with Crippen molar-refractivity contribution >= 4 is 28.6 Å². The van der Waals surface area contributed by atoms with Crippen LogP contribution in [0.5, 0.6) is 0 Å². The number of fused-ring (bicyclic) bond motifs is 1. The summed E-state index contributed by atoms with van der Waals surface area (Å²) in [5.74, 6) is 1.63. The van der Waals surface area contributed by atoms with E-state index in [1.165, 1.54) is 11.3 Å². The van der Waals surface area contributed by atoms with Gasteiger partial charge in [-0.25, -0.2) is 0 Å². The van der Waals surface area contributed by atoms with Crippen molar-refractivity contribution in [1.29, 1.82) is 0 Å². The molecule has 1 aromatic carbocycles. The third kappa shape index (κ3) is 5.52. The number of benzene rings is 1. The molecule has 0 amide bonds. The molecule has 3 aromatic rings. The topological polar surface area (TPSA) is 85.3 Å². The SMILES string of the molecule is C=C1NC=CC(Nc2cnc3c(c2C)NCC(C)C3)=C1C(=C)Nc1ccc(N2CCN(c3ccn(C)n3)CC2)cc1. The van der Waals surface area contributed by atoms with Gasteiger partial charge in [-0.05, 0) is 55.2 Å². The molecule has 1 saturated heterocycles. The molecule has 0 saturated carbocycles. The van der Waals surface area contributed by atoms with Gasteiger partial charge in [0.15, 0.2) is 5.82 Å². The van der Waals surface area contributed by atoms with E-state index in [2.05, 4.69) is 93.5 Å². The van der Waals surface area contributed by atoms with Gasteiger partial charge in [-0.3, -0.25) is 9.67 Å². The number of nitrogens with one attached hydrogen (secondary N) is 4. The van der Waals surface area contributed by atoms with E-state index in [4.69, 9.17) is 4.98 Å². The minimum atomic E-state index is 0.587. The van der Waals surface area contributed by atoms with Crippen LogP contribution in [-0.4, -0.2) is 47.5 Å². The molecule has 3 aliphatic heterocycles. The van der Waals surface area contributed by atoms with E-state index < -0.39 is 0 Å². The number of pyridine rings is 1. The fourth-order valence-electron chi connectivity index (χ4n) is 5.74. The van der Waals surface area contributed by atoms with Crippen LogP contribution < -0.4 is 31.1 Å². The molecule has 1 fully saturated rings. The Kier molecular flexibility index (Phi) is 7.17. The van der Waals surface area contributed by atoms with Crippen LogP contribution in [0.15, 0.2) is 90.8 Å². The zero-order valence-electron chi connectivity index (χ0n) is 24.2. The number of hydrogen-bond acceptors (Lipinski definition) is 8. The largest absolute Gasteiger partial charge is 0.383 e. The zero-order chi connectivity index (χ0) is 28.5. The molecule has 0 aliphatic carbocycles. The summed E-state index contributed by atoms with van der Waals surface area (Å²) in [6.07, 6.45) is 8.83. The molecule has 41 heavy (non-hydrogen) atoms. The summed E-state index contributed by atoms with van der Waals surface area (Å²) in [6, 6.07) is 10.6. The molecular formula is C32H39N9. The molecule has 4 N–H and O–H groups in total. The highest BCUT2D eigenvalue weighted by Gasteiger charge is 2.22. The monoisotopic (exact) mass is 549 g/mol. The molecule has 5 heterocycles. The van der Waals surface area contributed by atoms with Gasteiger partial charge >= 0.3 is 0 Å². The van der Waals surface area contributed by atoms with Gasteiger partial charge in [0.25, 0.3) is 0 Å². The summed E-state index contributed by atoms with van der Waals surface area (Å²) in [7, 11) is 1.96. The highest BCUT2D eigenvalue weighted by molar-refractivity contribution is 5.72. The fourth-order valence-corrected chi connectivity index (χ4v) is 5.74. The molecule has 9 nitrogen and oxygen atoms in total. The first-order valence-electron chi connectivity index (χ1n) is 14.3. The molecule has 1 unspecified atom stereocenters. The predicted molar refractivity (Wildman–Crippen MR) is 169 cm³/mol. The van der Waals surface area contributed by atoms with Crippen LogP contribution in [0.1, 0.15) is 18.2 Å². The maximum atomic E-state index is 4.76. The average Bonchev–Trinajstić information content (AvgIpc) is 3.41. The van der Waals surface area contributed by atoms with Crippen LogP contribution in [0.2, 0.25) is 0 Å². The van der Waals surface area contributed by atoms with Crippen LogP contribution in [-0.2, 0) is 13.5 Å². The second kappa shape index (κ2) is 11.1. The van der Waals surface area contributed by atoms with E-state index in [-0.39, 0.29) is 0 Å². The number of anilines is 5. The molecule has 212 valence electrons. The van der Waals surface area contributed by atoms with Crippen molar-refractivity contribution in [1.82, 2.24) is 20.1 Å². The minimum Gasteiger partial charge on any atom is -0.383 e. The van der Waals surface area contributed by atoms with E-state index in [1.807, 2.05) is 36.4 Å². The summed E-state index contributed by atoms with van der Waals surface area (Å²) in [6.45, 7) is 17.8. The number of dihydropyridines is 1. The Morgan fingerprint density at radius 3 is 2.56 bits per heavy atom. The van der Waals surface area contributed by atoms with Crippen molar-refractivity contribution in [3.8, 4) is 0 Å². The molecule has 1 atom stereocenters. The lowest BCUT2D eigenvalue weighted by atomic mass is 9.97. The maximum Gasteiger partial charge on any atom is 0.150 e. The van der Waals surface area contributed by atoms with Crippen LogP contribution in [0.3, 0.4) is 0 Å². The third-order valence-electron chi connectivity index (χ3n) is 8.07. The van der Waals surface area contributed by atoms with Gasteiger partial charge in [0.2, 0.25) is 0 Å². The predicted octanol–water partition coefficient (Wildman–Crippen LogP) is 4.98. The van der Waals surface area contributed by atoms with Crippen molar-refractivity contribution in [2.24, 2.45) is 13.0 Å². The summed E-state index contributed by atoms with van der Waals surface area (Å²) in [5.41, 5.74) is 9.98. The number of hydrogen-bond donors (Lipinski definition) is 4. The maximum absolute atomic E-state index is 4.76. The zero-order valence-corrected chi connectivity index (χ0v) is 24.2. The van der Waals surface area contributed by atoms with Crippen LogP contribution in [0.25, 0.3) is 0 Å². The van der Waals surface area contributed by atoms with E-state index in [1.54, 1.807) is 0 Å². The first-order valence-corrected chi connectivity index (χ1v) is 14.3. The molecular weight excluding hydrogens is 510 g/mol. The molecule has 6 rings (SSSR count). The van der Waals surface area contributed by atoms with Crippen LogP contribution in [0.4, 0.5) is 28.6 Å². The Hall–Kier alpha value is -4.66. The van der Waals surface area contributed by atoms with E-state index in [0.717, 1.165) is 90.4 Å². The van der Waals surface area contributed by atoms with Gasteiger partial charge in [-0.1, -0.05) is 20.1 Å². The lowest BCUT2D eigenvalue weighted by Gasteiger charge is -2.36. The molecule has 0 spiro atoms. The Morgan fingerprint density at radius 1 is 1.07 bits per heavy atom. The lowest BCUT2D eigenvalue weighted by molar-refractivity contribution is 0.583. The highest BCUT2D eigenvalue weighted by atomic mass is 15.4. The van der Waals surface area contributed by atoms with Crippen LogP contribution in [0, 0.1) is 12.8 Å². The van der Waals surface area contributed by atoms with Gasteiger partial charge in [-0.2, -0.15) is 5.10 Å². The van der Waals surface area contributed by atoms with Crippen molar-refractivity contribution in [3.63, 3.8) is 0 Å². The summed E-state index contributed by atoms with van der Waals surface area (Å²) in [4.78, 5) is 9.52. The second-order valence-electron chi connectivity index (χ2n) is 11.2. The van der Waals surface area contributed by atoms with Crippen LogP contribution >= 0.6 is 0 Å². The van der Waals surface area contributed by atoms with Crippen molar-refractivity contribution in [2.45, 2.75) is 20.3 Å². The fraction of sp³-hybridized carbons (Fsp3) is 0.312. The van der Waals surface area contributed by atoms with E-state index in [9.17, 15) is 0 Å². The van der Waals surface area contributed by atoms with E-state index in [0.29, 0.717) is 5.92 Å². The highest BCUT2D eigenvalue weighted by Crippen LogP contribution is 2.33. The average molecular weight is 550 g/mol. The van der Waals surface area contributed by atoms with Gasteiger partial charge in [0.1, 0.15) is 0 Å². The number of aryl methyl sites for hydroxylation is 1. The standard InChI is InChI=1S/C32H39N9/c1-21-18-28-32(35-19-21)22(2)29(20-34-28)37-27-10-12-33-23(3)31(27)24(4)36-25-6-8-26(9-7-25)40-14-16-41(17-15-40)30-11-13-39(5)38-30/h6-13,20-21,33,35-37H,3-4,14-19H2,1-2,5H3. The third-order valence-corrected chi connectivity index (χ3v) is 8.07. The van der Waals surface area contributed by atoms with Gasteiger partial charge in [0.05, 0.1) is 29.0 Å². The van der Waals surface area contributed by atoms with E-state index >= 15 is 0 Å². The second-order valence-corrected chi connectivity index (χ2v) is 11.2. The van der Waals surface area contributed by atoms with Gasteiger partial charge in [0, 0.05) is 86.6 Å². The van der Waals surface area contributed by atoms with Gasteiger partial charge < -0.3 is 31.1 Å². The molecule has 9 heteroatoms. The quantitative estimate of drug-likeness (QED) is 0.329. The number of allylic oxidation sites excluding steroid dienone is 1. The Balaban J connectivity index is 1.13.